The Hall–Kier alpha value is -1.56. The lowest BCUT2D eigenvalue weighted by Gasteiger charge is -2.34. The van der Waals surface area contributed by atoms with Gasteiger partial charge in [-0.3, -0.25) is 4.79 Å². The molecule has 1 aliphatic heterocycles. The van der Waals surface area contributed by atoms with E-state index in [-0.39, 0.29) is 24.0 Å². The first-order chi connectivity index (χ1) is 11.7. The number of nitrogens with one attached hydrogen (secondary N) is 1. The van der Waals surface area contributed by atoms with Gasteiger partial charge in [0.2, 0.25) is 5.91 Å². The second-order valence-electron chi connectivity index (χ2n) is 8.01. The van der Waals surface area contributed by atoms with E-state index in [1.165, 1.54) is 4.88 Å². The Labute approximate surface area is 154 Å². The van der Waals surface area contributed by atoms with Gasteiger partial charge in [-0.25, -0.2) is 4.79 Å². The van der Waals surface area contributed by atoms with Gasteiger partial charge in [-0.05, 0) is 51.0 Å². The molecule has 0 spiro atoms. The van der Waals surface area contributed by atoms with Crippen LogP contribution in [0.4, 0.5) is 4.79 Å². The van der Waals surface area contributed by atoms with Crippen LogP contribution in [-0.2, 0) is 9.53 Å². The molecule has 5 nitrogen and oxygen atoms in total. The number of amides is 2. The van der Waals surface area contributed by atoms with E-state index in [1.807, 2.05) is 32.2 Å². The maximum atomic E-state index is 12.8. The maximum absolute atomic E-state index is 12.8. The minimum atomic E-state index is -0.520. The van der Waals surface area contributed by atoms with E-state index >= 15 is 0 Å². The van der Waals surface area contributed by atoms with Gasteiger partial charge < -0.3 is 15.0 Å². The molecule has 0 bridgehead atoms. The van der Waals surface area contributed by atoms with Crippen molar-refractivity contribution >= 4 is 23.3 Å². The molecule has 1 aliphatic rings. The highest BCUT2D eigenvalue weighted by molar-refractivity contribution is 7.10. The molecular weight excluding hydrogens is 336 g/mol. The van der Waals surface area contributed by atoms with E-state index < -0.39 is 5.60 Å². The van der Waals surface area contributed by atoms with Crippen molar-refractivity contribution in [3.63, 3.8) is 0 Å². The van der Waals surface area contributed by atoms with E-state index in [0.717, 1.165) is 12.8 Å². The van der Waals surface area contributed by atoms with Crippen LogP contribution in [0.25, 0.3) is 0 Å². The monoisotopic (exact) mass is 366 g/mol. The smallest absolute Gasteiger partial charge is 0.410 e. The molecule has 2 rings (SSSR count). The Balaban J connectivity index is 1.98. The summed E-state index contributed by atoms with van der Waals surface area (Å²) in [5.74, 6) is 0.163. The Morgan fingerprint density at radius 2 is 2.08 bits per heavy atom. The number of ether oxygens (including phenoxy) is 1. The third-order valence-electron chi connectivity index (χ3n) is 4.26. The molecule has 2 unspecified atom stereocenters. The summed E-state index contributed by atoms with van der Waals surface area (Å²) in [4.78, 5) is 27.9. The van der Waals surface area contributed by atoms with Gasteiger partial charge in [0, 0.05) is 18.0 Å². The first-order valence-electron chi connectivity index (χ1n) is 8.99. The fraction of sp³-hybridized carbons (Fsp3) is 0.684. The van der Waals surface area contributed by atoms with Crippen molar-refractivity contribution in [1.82, 2.24) is 10.2 Å². The fourth-order valence-electron chi connectivity index (χ4n) is 2.99. The van der Waals surface area contributed by atoms with Gasteiger partial charge in [-0.15, -0.1) is 11.3 Å². The summed E-state index contributed by atoms with van der Waals surface area (Å²) in [6.07, 6.45) is 1.30. The van der Waals surface area contributed by atoms with Crippen LogP contribution in [0.15, 0.2) is 17.5 Å². The highest BCUT2D eigenvalue weighted by Crippen LogP contribution is 2.27. The van der Waals surface area contributed by atoms with Crippen LogP contribution in [-0.4, -0.2) is 35.6 Å². The molecule has 1 aromatic rings. The summed E-state index contributed by atoms with van der Waals surface area (Å²) in [5, 5.41) is 5.22. The van der Waals surface area contributed by atoms with E-state index in [0.29, 0.717) is 19.0 Å². The average molecular weight is 367 g/mol. The molecule has 2 atom stereocenters. The summed E-state index contributed by atoms with van der Waals surface area (Å²) < 4.78 is 5.44. The normalized spacial score (nSPS) is 19.6. The standard InChI is InChI=1S/C19H30N2O3S/c1-13(2)16(15-9-7-11-25-15)20-17(22)14-8-6-10-21(12-14)18(23)24-19(3,4)5/h7,9,11,13-14,16H,6,8,10,12H2,1-5H3,(H,20,22). The molecule has 0 saturated carbocycles. The number of nitrogens with zero attached hydrogens (tertiary/aromatic N) is 1. The lowest BCUT2D eigenvalue weighted by molar-refractivity contribution is -0.127. The molecule has 140 valence electrons. The number of carbonyl (C=O) groups excluding carboxylic acids is 2. The zero-order valence-corrected chi connectivity index (χ0v) is 16.7. The number of carbonyl (C=O) groups is 2. The highest BCUT2D eigenvalue weighted by atomic mass is 32.1. The van der Waals surface area contributed by atoms with Crippen LogP contribution < -0.4 is 5.32 Å². The number of piperidine rings is 1. The summed E-state index contributed by atoms with van der Waals surface area (Å²) in [5.41, 5.74) is -0.520. The number of hydrogen-bond acceptors (Lipinski definition) is 4. The van der Waals surface area contributed by atoms with Crippen LogP contribution in [0, 0.1) is 11.8 Å². The van der Waals surface area contributed by atoms with Crippen molar-refractivity contribution in [2.24, 2.45) is 11.8 Å². The lowest BCUT2D eigenvalue weighted by Crippen LogP contribution is -2.47. The predicted molar refractivity (Wildman–Crippen MR) is 101 cm³/mol. The first kappa shape index (κ1) is 19.8. The van der Waals surface area contributed by atoms with Crippen molar-refractivity contribution in [2.45, 2.75) is 59.1 Å². The molecule has 1 saturated heterocycles. The summed E-state index contributed by atoms with van der Waals surface area (Å²) >= 11 is 1.66. The lowest BCUT2D eigenvalue weighted by atomic mass is 9.95. The van der Waals surface area contributed by atoms with Crippen LogP contribution in [0.5, 0.6) is 0 Å². The highest BCUT2D eigenvalue weighted by Gasteiger charge is 2.32. The summed E-state index contributed by atoms with van der Waals surface area (Å²) in [7, 11) is 0. The van der Waals surface area contributed by atoms with Crippen LogP contribution in [0.1, 0.15) is 58.4 Å². The Morgan fingerprint density at radius 1 is 1.36 bits per heavy atom. The zero-order valence-electron chi connectivity index (χ0n) is 15.9. The molecule has 2 amide bonds. The summed E-state index contributed by atoms with van der Waals surface area (Å²) in [6.45, 7) is 10.9. The molecular formula is C19H30N2O3S. The average Bonchev–Trinajstić information content (AvgIpc) is 3.04. The molecule has 1 fully saturated rings. The summed E-state index contributed by atoms with van der Waals surface area (Å²) in [6, 6.07) is 4.08. The van der Waals surface area contributed by atoms with Crippen LogP contribution in [0.3, 0.4) is 0 Å². The van der Waals surface area contributed by atoms with Crippen molar-refractivity contribution in [3.8, 4) is 0 Å². The molecule has 1 aromatic heterocycles. The van der Waals surface area contributed by atoms with E-state index in [1.54, 1.807) is 16.2 Å². The molecule has 1 N–H and O–H groups in total. The van der Waals surface area contributed by atoms with Crippen molar-refractivity contribution in [2.75, 3.05) is 13.1 Å². The van der Waals surface area contributed by atoms with Crippen molar-refractivity contribution in [3.05, 3.63) is 22.4 Å². The quantitative estimate of drug-likeness (QED) is 0.868. The number of likely N-dealkylation sites (tertiary alicyclic amines) is 1. The van der Waals surface area contributed by atoms with Gasteiger partial charge in [0.15, 0.2) is 0 Å². The van der Waals surface area contributed by atoms with Crippen LogP contribution >= 0.6 is 11.3 Å². The third kappa shape index (κ3) is 5.73. The zero-order chi connectivity index (χ0) is 18.6. The molecule has 0 radical (unpaired) electrons. The molecule has 0 aromatic carbocycles. The molecule has 2 heterocycles. The van der Waals surface area contributed by atoms with Crippen molar-refractivity contribution in [1.29, 1.82) is 0 Å². The van der Waals surface area contributed by atoms with E-state index in [2.05, 4.69) is 25.2 Å². The van der Waals surface area contributed by atoms with Gasteiger partial charge in [-0.1, -0.05) is 19.9 Å². The van der Waals surface area contributed by atoms with Gasteiger partial charge in [-0.2, -0.15) is 0 Å². The number of hydrogen-bond donors (Lipinski definition) is 1. The van der Waals surface area contributed by atoms with Gasteiger partial charge >= 0.3 is 6.09 Å². The molecule has 0 aliphatic carbocycles. The molecule has 6 heteroatoms. The van der Waals surface area contributed by atoms with Crippen LogP contribution in [0.2, 0.25) is 0 Å². The number of thiophene rings is 1. The second-order valence-corrected chi connectivity index (χ2v) is 8.99. The Morgan fingerprint density at radius 3 is 2.64 bits per heavy atom. The van der Waals surface area contributed by atoms with E-state index in [9.17, 15) is 9.59 Å². The van der Waals surface area contributed by atoms with Gasteiger partial charge in [0.05, 0.1) is 12.0 Å². The third-order valence-corrected chi connectivity index (χ3v) is 5.21. The van der Waals surface area contributed by atoms with E-state index in [4.69, 9.17) is 4.74 Å². The Bertz CT molecular complexity index is 578. The Kier molecular flexibility index (Phi) is 6.49. The topological polar surface area (TPSA) is 58.6 Å². The predicted octanol–water partition coefficient (Wildman–Crippen LogP) is 4.21. The molecule has 25 heavy (non-hydrogen) atoms. The van der Waals surface area contributed by atoms with Crippen molar-refractivity contribution < 1.29 is 14.3 Å². The van der Waals surface area contributed by atoms with Gasteiger partial charge in [0.1, 0.15) is 5.60 Å². The fourth-order valence-corrected chi connectivity index (χ4v) is 3.94. The maximum Gasteiger partial charge on any atom is 0.410 e. The largest absolute Gasteiger partial charge is 0.444 e. The first-order valence-corrected chi connectivity index (χ1v) is 9.87. The second kappa shape index (κ2) is 8.21. The minimum Gasteiger partial charge on any atom is -0.444 e. The van der Waals surface area contributed by atoms with Gasteiger partial charge in [0.25, 0.3) is 0 Å². The SMILES string of the molecule is CC(C)C(NC(=O)C1CCCN(C(=O)OC(C)(C)C)C1)c1cccs1. The number of rotatable bonds is 4. The minimum absolute atomic E-state index is 0.0180.